The van der Waals surface area contributed by atoms with Crippen LogP contribution >= 0.6 is 0 Å². The fourth-order valence-electron chi connectivity index (χ4n) is 4.19. The molecule has 1 N–H and O–H groups in total. The molecule has 1 aromatic heterocycles. The Morgan fingerprint density at radius 3 is 3.16 bits per heavy atom. The SMILES string of the molecule is COCCN1C[C@]23C=C[C@H](O2)[C@H](C(=O)N(C)Cc2ncc[nH]2)[C@H]3C1=O. The van der Waals surface area contributed by atoms with Gasteiger partial charge in [0.05, 0.1) is 37.6 Å². The molecule has 8 heteroatoms. The maximum Gasteiger partial charge on any atom is 0.230 e. The average molecular weight is 346 g/mol. The highest BCUT2D eigenvalue weighted by Gasteiger charge is 2.66. The van der Waals surface area contributed by atoms with E-state index < -0.39 is 17.4 Å². The third-order valence-electron chi connectivity index (χ3n) is 5.35. The zero-order valence-electron chi connectivity index (χ0n) is 14.3. The third kappa shape index (κ3) is 2.47. The van der Waals surface area contributed by atoms with E-state index in [1.54, 1.807) is 36.4 Å². The predicted molar refractivity (Wildman–Crippen MR) is 87.2 cm³/mol. The first-order chi connectivity index (χ1) is 12.1. The Hall–Kier alpha value is -2.19. The molecule has 0 aliphatic carbocycles. The number of likely N-dealkylation sites (tertiary alicyclic amines) is 1. The zero-order chi connectivity index (χ0) is 17.6. The normalized spacial score (nSPS) is 32.5. The molecule has 0 radical (unpaired) electrons. The number of aromatic nitrogens is 2. The van der Waals surface area contributed by atoms with Gasteiger partial charge in [0.25, 0.3) is 0 Å². The van der Waals surface area contributed by atoms with Crippen LogP contribution in [-0.2, 0) is 25.6 Å². The van der Waals surface area contributed by atoms with Crippen molar-refractivity contribution in [2.45, 2.75) is 18.2 Å². The summed E-state index contributed by atoms with van der Waals surface area (Å²) in [7, 11) is 3.34. The van der Waals surface area contributed by atoms with Gasteiger partial charge in [-0.2, -0.15) is 0 Å². The number of imidazole rings is 1. The quantitative estimate of drug-likeness (QED) is 0.721. The summed E-state index contributed by atoms with van der Waals surface area (Å²) in [4.78, 5) is 36.4. The molecule has 8 nitrogen and oxygen atoms in total. The van der Waals surface area contributed by atoms with Gasteiger partial charge >= 0.3 is 0 Å². The second-order valence-electron chi connectivity index (χ2n) is 6.88. The summed E-state index contributed by atoms with van der Waals surface area (Å²) in [5.41, 5.74) is -0.665. The van der Waals surface area contributed by atoms with Gasteiger partial charge in [-0.1, -0.05) is 12.2 Å². The number of nitrogens with one attached hydrogen (secondary N) is 1. The van der Waals surface area contributed by atoms with Crippen molar-refractivity contribution < 1.29 is 19.1 Å². The second-order valence-corrected chi connectivity index (χ2v) is 6.88. The molecule has 2 amide bonds. The summed E-state index contributed by atoms with van der Waals surface area (Å²) >= 11 is 0. The fourth-order valence-corrected chi connectivity index (χ4v) is 4.19. The van der Waals surface area contributed by atoms with Gasteiger partial charge in [0.1, 0.15) is 11.4 Å². The smallest absolute Gasteiger partial charge is 0.230 e. The number of rotatable bonds is 6. The molecule has 2 saturated heterocycles. The van der Waals surface area contributed by atoms with E-state index in [4.69, 9.17) is 9.47 Å². The zero-order valence-corrected chi connectivity index (χ0v) is 14.3. The molecule has 2 fully saturated rings. The summed E-state index contributed by atoms with van der Waals surface area (Å²) in [5, 5.41) is 0. The topological polar surface area (TPSA) is 87.8 Å². The Kier molecular flexibility index (Phi) is 3.88. The van der Waals surface area contributed by atoms with Crippen molar-refractivity contribution in [3.05, 3.63) is 30.4 Å². The van der Waals surface area contributed by atoms with Gasteiger partial charge in [0, 0.05) is 33.1 Å². The van der Waals surface area contributed by atoms with Gasteiger partial charge in [0.15, 0.2) is 0 Å². The van der Waals surface area contributed by atoms with Crippen LogP contribution in [0.3, 0.4) is 0 Å². The first-order valence-corrected chi connectivity index (χ1v) is 8.44. The number of carbonyl (C=O) groups is 2. The van der Waals surface area contributed by atoms with Gasteiger partial charge in [-0.15, -0.1) is 0 Å². The Balaban J connectivity index is 1.53. The Bertz CT molecular complexity index is 704. The third-order valence-corrected chi connectivity index (χ3v) is 5.35. The molecule has 2 bridgehead atoms. The number of ether oxygens (including phenoxy) is 2. The highest BCUT2D eigenvalue weighted by Crippen LogP contribution is 2.52. The predicted octanol–water partition coefficient (Wildman–Crippen LogP) is -0.203. The van der Waals surface area contributed by atoms with Crippen LogP contribution in [0.25, 0.3) is 0 Å². The van der Waals surface area contributed by atoms with Crippen LogP contribution in [-0.4, -0.2) is 77.1 Å². The number of nitrogens with zero attached hydrogens (tertiary/aromatic N) is 3. The number of hydrogen-bond donors (Lipinski definition) is 1. The van der Waals surface area contributed by atoms with Crippen LogP contribution < -0.4 is 0 Å². The summed E-state index contributed by atoms with van der Waals surface area (Å²) in [6, 6.07) is 0. The fraction of sp³-hybridized carbons (Fsp3) is 0.588. The molecule has 4 rings (SSSR count). The number of carbonyl (C=O) groups excluding carboxylic acids is 2. The maximum atomic E-state index is 13.0. The summed E-state index contributed by atoms with van der Waals surface area (Å²) < 4.78 is 11.2. The minimum absolute atomic E-state index is 0.0198. The van der Waals surface area contributed by atoms with Crippen molar-refractivity contribution in [2.24, 2.45) is 11.8 Å². The van der Waals surface area contributed by atoms with Crippen LogP contribution in [0, 0.1) is 11.8 Å². The van der Waals surface area contributed by atoms with Crippen molar-refractivity contribution in [3.63, 3.8) is 0 Å². The molecule has 0 saturated carbocycles. The number of hydrogen-bond acceptors (Lipinski definition) is 5. The van der Waals surface area contributed by atoms with E-state index in [2.05, 4.69) is 9.97 Å². The van der Waals surface area contributed by atoms with Crippen LogP contribution in [0.4, 0.5) is 0 Å². The molecule has 1 aromatic rings. The van der Waals surface area contributed by atoms with Crippen molar-refractivity contribution in [2.75, 3.05) is 33.9 Å². The van der Waals surface area contributed by atoms with E-state index in [1.807, 2.05) is 12.2 Å². The van der Waals surface area contributed by atoms with E-state index >= 15 is 0 Å². The van der Waals surface area contributed by atoms with E-state index in [1.165, 1.54) is 0 Å². The summed E-state index contributed by atoms with van der Waals surface area (Å²) in [6.07, 6.45) is 6.93. The van der Waals surface area contributed by atoms with Crippen LogP contribution in [0.2, 0.25) is 0 Å². The Labute approximate surface area is 145 Å². The molecule has 4 atom stereocenters. The van der Waals surface area contributed by atoms with E-state index in [0.29, 0.717) is 32.1 Å². The minimum Gasteiger partial charge on any atom is -0.383 e. The Morgan fingerprint density at radius 1 is 1.60 bits per heavy atom. The lowest BCUT2D eigenvalue weighted by atomic mass is 9.76. The van der Waals surface area contributed by atoms with E-state index in [9.17, 15) is 9.59 Å². The molecule has 0 aromatic carbocycles. The number of aromatic amines is 1. The molecule has 1 spiro atoms. The van der Waals surface area contributed by atoms with Crippen LogP contribution in [0.1, 0.15) is 5.82 Å². The molecule has 4 heterocycles. The first kappa shape index (κ1) is 16.3. The van der Waals surface area contributed by atoms with Crippen molar-refractivity contribution in [3.8, 4) is 0 Å². The standard InChI is InChI=1S/C17H22N4O4/c1-20(9-12-18-5-6-19-12)15(22)13-11-3-4-17(25-11)10-21(7-8-24-2)16(23)14(13)17/h3-6,11,13-14H,7-10H2,1-2H3,(H,18,19)/t11-,13-,14-,17-/m0/s1. The average Bonchev–Trinajstić information content (AvgIpc) is 3.35. The van der Waals surface area contributed by atoms with Crippen LogP contribution in [0.15, 0.2) is 24.5 Å². The molecular formula is C17H22N4O4. The molecule has 3 aliphatic rings. The Morgan fingerprint density at radius 2 is 2.44 bits per heavy atom. The lowest BCUT2D eigenvalue weighted by Gasteiger charge is -2.27. The van der Waals surface area contributed by atoms with Gasteiger partial charge < -0.3 is 24.3 Å². The molecule has 25 heavy (non-hydrogen) atoms. The van der Waals surface area contributed by atoms with E-state index in [0.717, 1.165) is 0 Å². The summed E-state index contributed by atoms with van der Waals surface area (Å²) in [5.74, 6) is -0.325. The number of H-pyrrole nitrogens is 1. The minimum atomic E-state index is -0.665. The molecule has 3 aliphatic heterocycles. The van der Waals surface area contributed by atoms with Gasteiger partial charge in [-0.25, -0.2) is 4.98 Å². The monoisotopic (exact) mass is 346 g/mol. The highest BCUT2D eigenvalue weighted by atomic mass is 16.5. The lowest BCUT2D eigenvalue weighted by Crippen LogP contribution is -2.44. The van der Waals surface area contributed by atoms with Gasteiger partial charge in [0.2, 0.25) is 11.8 Å². The number of methoxy groups -OCH3 is 1. The second kappa shape index (κ2) is 5.96. The number of amides is 2. The highest BCUT2D eigenvalue weighted by molar-refractivity contribution is 5.92. The van der Waals surface area contributed by atoms with Crippen molar-refractivity contribution in [1.82, 2.24) is 19.8 Å². The summed E-state index contributed by atoms with van der Waals surface area (Å²) in [6.45, 7) is 1.84. The number of fused-ring (bicyclic) bond motifs is 1. The molecule has 0 unspecified atom stereocenters. The lowest BCUT2D eigenvalue weighted by molar-refractivity contribution is -0.143. The molecule has 134 valence electrons. The van der Waals surface area contributed by atoms with Crippen molar-refractivity contribution >= 4 is 11.8 Å². The van der Waals surface area contributed by atoms with E-state index in [-0.39, 0.29) is 17.9 Å². The maximum absolute atomic E-state index is 13.0. The largest absolute Gasteiger partial charge is 0.383 e. The van der Waals surface area contributed by atoms with Crippen molar-refractivity contribution in [1.29, 1.82) is 0 Å². The first-order valence-electron chi connectivity index (χ1n) is 8.44. The van der Waals surface area contributed by atoms with Gasteiger partial charge in [-0.05, 0) is 0 Å². The van der Waals surface area contributed by atoms with Gasteiger partial charge in [-0.3, -0.25) is 9.59 Å². The van der Waals surface area contributed by atoms with Crippen LogP contribution in [0.5, 0.6) is 0 Å². The molecular weight excluding hydrogens is 324 g/mol.